The summed E-state index contributed by atoms with van der Waals surface area (Å²) in [6, 6.07) is 0.0568. The molecule has 1 fully saturated rings. The molecule has 2 amide bonds. The van der Waals surface area contributed by atoms with Crippen molar-refractivity contribution < 1.29 is 14.3 Å². The van der Waals surface area contributed by atoms with Crippen LogP contribution in [0.5, 0.6) is 0 Å². The molecule has 5 nitrogen and oxygen atoms in total. The summed E-state index contributed by atoms with van der Waals surface area (Å²) in [5, 5.41) is 0. The summed E-state index contributed by atoms with van der Waals surface area (Å²) in [7, 11) is 3.18. The van der Waals surface area contributed by atoms with Crippen molar-refractivity contribution >= 4 is 6.03 Å². The number of likely N-dealkylation sites (N-methyl/N-ethyl adjacent to an activating group) is 1. The van der Waals surface area contributed by atoms with E-state index in [0.29, 0.717) is 6.54 Å². The third kappa shape index (κ3) is 1.69. The molecule has 0 aromatic rings. The van der Waals surface area contributed by atoms with Gasteiger partial charge in [0.25, 0.3) is 0 Å². The van der Waals surface area contributed by atoms with Gasteiger partial charge in [-0.05, 0) is 13.8 Å². The lowest BCUT2D eigenvalue weighted by Gasteiger charge is -2.22. The zero-order chi connectivity index (χ0) is 10.7. The first kappa shape index (κ1) is 11.3. The number of nitrogens with zero attached hydrogens (tertiary/aromatic N) is 2. The van der Waals surface area contributed by atoms with Crippen LogP contribution < -0.4 is 0 Å². The summed E-state index contributed by atoms with van der Waals surface area (Å²) >= 11 is 0. The van der Waals surface area contributed by atoms with E-state index in [-0.39, 0.29) is 25.0 Å². The Hall–Kier alpha value is -0.810. The highest BCUT2D eigenvalue weighted by molar-refractivity contribution is 5.77. The average molecular weight is 202 g/mol. The second-order valence-electron chi connectivity index (χ2n) is 3.32. The van der Waals surface area contributed by atoms with Gasteiger partial charge >= 0.3 is 6.03 Å². The highest BCUT2D eigenvalue weighted by Crippen LogP contribution is 2.22. The van der Waals surface area contributed by atoms with Crippen molar-refractivity contribution in [3.63, 3.8) is 0 Å². The summed E-state index contributed by atoms with van der Waals surface area (Å²) in [5.41, 5.74) is 0. The molecule has 2 atom stereocenters. The van der Waals surface area contributed by atoms with Crippen LogP contribution >= 0.6 is 0 Å². The number of methoxy groups -OCH3 is 2. The molecule has 0 saturated carbocycles. The molecular formula is C9H18N2O3. The van der Waals surface area contributed by atoms with Crippen molar-refractivity contribution in [1.82, 2.24) is 9.80 Å². The Balaban J connectivity index is 2.78. The van der Waals surface area contributed by atoms with Crippen molar-refractivity contribution in [2.45, 2.75) is 26.1 Å². The third-order valence-electron chi connectivity index (χ3n) is 2.55. The van der Waals surface area contributed by atoms with Crippen LogP contribution in [0.4, 0.5) is 4.79 Å². The summed E-state index contributed by atoms with van der Waals surface area (Å²) in [5.74, 6) is 0. The second kappa shape index (κ2) is 4.61. The van der Waals surface area contributed by atoms with E-state index >= 15 is 0 Å². The van der Waals surface area contributed by atoms with Gasteiger partial charge in [-0.3, -0.25) is 4.90 Å². The van der Waals surface area contributed by atoms with E-state index in [0.717, 1.165) is 0 Å². The largest absolute Gasteiger partial charge is 0.364 e. The minimum Gasteiger partial charge on any atom is -0.364 e. The number of ether oxygens (including phenoxy) is 2. The fraction of sp³-hybridized carbons (Fsp3) is 0.889. The first-order valence-electron chi connectivity index (χ1n) is 4.76. The molecule has 0 aromatic heterocycles. The van der Waals surface area contributed by atoms with Crippen LogP contribution in [0.1, 0.15) is 13.8 Å². The maximum atomic E-state index is 11.8. The molecule has 1 saturated heterocycles. The van der Waals surface area contributed by atoms with E-state index in [9.17, 15) is 4.79 Å². The molecule has 1 aliphatic heterocycles. The van der Waals surface area contributed by atoms with Crippen LogP contribution in [0.2, 0.25) is 0 Å². The molecule has 0 N–H and O–H groups in total. The summed E-state index contributed by atoms with van der Waals surface area (Å²) in [6.07, 6.45) is -0.206. The zero-order valence-electron chi connectivity index (χ0n) is 9.19. The van der Waals surface area contributed by atoms with Crippen molar-refractivity contribution in [3.8, 4) is 0 Å². The van der Waals surface area contributed by atoms with Crippen LogP contribution in [-0.4, -0.2) is 55.6 Å². The average Bonchev–Trinajstić information content (AvgIpc) is 2.39. The van der Waals surface area contributed by atoms with Gasteiger partial charge in [-0.2, -0.15) is 0 Å². The molecule has 1 rings (SSSR count). The van der Waals surface area contributed by atoms with Gasteiger partial charge in [0, 0.05) is 20.8 Å². The van der Waals surface area contributed by atoms with Crippen LogP contribution in [0.15, 0.2) is 0 Å². The monoisotopic (exact) mass is 202 g/mol. The Kier molecular flexibility index (Phi) is 3.71. The normalized spacial score (nSPS) is 27.6. The second-order valence-corrected chi connectivity index (χ2v) is 3.32. The molecular weight excluding hydrogens is 184 g/mol. The lowest BCUT2D eigenvalue weighted by Crippen LogP contribution is -2.38. The molecule has 1 heterocycles. The molecule has 1 aliphatic rings. The van der Waals surface area contributed by atoms with Crippen LogP contribution in [-0.2, 0) is 9.47 Å². The minimum absolute atomic E-state index is 0.0197. The van der Waals surface area contributed by atoms with Crippen molar-refractivity contribution in [1.29, 1.82) is 0 Å². The third-order valence-corrected chi connectivity index (χ3v) is 2.55. The maximum Gasteiger partial charge on any atom is 0.324 e. The topological polar surface area (TPSA) is 42.0 Å². The smallest absolute Gasteiger partial charge is 0.324 e. The highest BCUT2D eigenvalue weighted by Gasteiger charge is 2.42. The van der Waals surface area contributed by atoms with Crippen molar-refractivity contribution in [2.24, 2.45) is 0 Å². The number of urea groups is 1. The Morgan fingerprint density at radius 2 is 2.00 bits per heavy atom. The lowest BCUT2D eigenvalue weighted by molar-refractivity contribution is -0.0456. The lowest BCUT2D eigenvalue weighted by atomic mass is 10.3. The predicted octanol–water partition coefficient (Wildman–Crippen LogP) is 0.709. The van der Waals surface area contributed by atoms with E-state index < -0.39 is 0 Å². The first-order valence-corrected chi connectivity index (χ1v) is 4.76. The van der Waals surface area contributed by atoms with Crippen LogP contribution in [0.25, 0.3) is 0 Å². The zero-order valence-corrected chi connectivity index (χ0v) is 9.19. The van der Waals surface area contributed by atoms with Gasteiger partial charge in [-0.25, -0.2) is 4.79 Å². The van der Waals surface area contributed by atoms with E-state index in [1.54, 1.807) is 24.0 Å². The van der Waals surface area contributed by atoms with Gasteiger partial charge in [0.1, 0.15) is 6.73 Å². The number of carbonyl (C=O) groups is 1. The minimum atomic E-state index is -0.206. The number of amides is 2. The molecule has 14 heavy (non-hydrogen) atoms. The van der Waals surface area contributed by atoms with E-state index in [2.05, 4.69) is 0 Å². The number of hydrogen-bond acceptors (Lipinski definition) is 3. The Morgan fingerprint density at radius 1 is 1.36 bits per heavy atom. The van der Waals surface area contributed by atoms with Gasteiger partial charge in [0.15, 0.2) is 6.23 Å². The summed E-state index contributed by atoms with van der Waals surface area (Å²) in [6.45, 7) is 4.90. The Bertz CT molecular complexity index is 210. The fourth-order valence-electron chi connectivity index (χ4n) is 1.88. The molecule has 0 bridgehead atoms. The first-order chi connectivity index (χ1) is 6.67. The van der Waals surface area contributed by atoms with Crippen molar-refractivity contribution in [3.05, 3.63) is 0 Å². The van der Waals surface area contributed by atoms with Gasteiger partial charge in [-0.1, -0.05) is 0 Å². The van der Waals surface area contributed by atoms with Gasteiger partial charge in [0.05, 0.1) is 6.04 Å². The van der Waals surface area contributed by atoms with E-state index in [4.69, 9.17) is 9.47 Å². The number of hydrogen-bond donors (Lipinski definition) is 0. The molecule has 0 aromatic carbocycles. The molecule has 0 spiro atoms. The number of rotatable bonds is 4. The predicted molar refractivity (Wildman–Crippen MR) is 51.8 cm³/mol. The molecule has 82 valence electrons. The number of carbonyl (C=O) groups excluding carboxylic acids is 1. The summed E-state index contributed by atoms with van der Waals surface area (Å²) in [4.78, 5) is 15.2. The van der Waals surface area contributed by atoms with Crippen LogP contribution in [0, 0.1) is 0 Å². The van der Waals surface area contributed by atoms with Crippen molar-refractivity contribution in [2.75, 3.05) is 27.5 Å². The standard InChI is InChI=1S/C9H18N2O3/c1-5-10-7(2)8(14-4)11(6-13-3)9(10)12/h7-8H,5-6H2,1-4H3. The summed E-state index contributed by atoms with van der Waals surface area (Å²) < 4.78 is 10.2. The quantitative estimate of drug-likeness (QED) is 0.674. The van der Waals surface area contributed by atoms with Gasteiger partial charge in [-0.15, -0.1) is 0 Å². The molecule has 0 aliphatic carbocycles. The maximum absolute atomic E-state index is 11.8. The van der Waals surface area contributed by atoms with Gasteiger partial charge < -0.3 is 14.4 Å². The van der Waals surface area contributed by atoms with E-state index in [1.807, 2.05) is 13.8 Å². The Morgan fingerprint density at radius 3 is 2.43 bits per heavy atom. The van der Waals surface area contributed by atoms with Gasteiger partial charge in [0.2, 0.25) is 0 Å². The van der Waals surface area contributed by atoms with Crippen LogP contribution in [0.3, 0.4) is 0 Å². The fourth-order valence-corrected chi connectivity index (χ4v) is 1.88. The SMILES string of the molecule is CCN1C(=O)N(COC)C(OC)C1C. The molecule has 5 heteroatoms. The van der Waals surface area contributed by atoms with E-state index in [1.165, 1.54) is 0 Å². The Labute approximate surface area is 84.6 Å². The molecule has 0 radical (unpaired) electrons. The molecule has 2 unspecified atom stereocenters. The highest BCUT2D eigenvalue weighted by atomic mass is 16.5.